The van der Waals surface area contributed by atoms with Gasteiger partial charge in [-0.3, -0.25) is 4.79 Å². The lowest BCUT2D eigenvalue weighted by Gasteiger charge is -2.12. The van der Waals surface area contributed by atoms with Crippen molar-refractivity contribution in [3.63, 3.8) is 0 Å². The quantitative estimate of drug-likeness (QED) is 0.483. The third-order valence-electron chi connectivity index (χ3n) is 4.70. The van der Waals surface area contributed by atoms with Gasteiger partial charge in [-0.2, -0.15) is 0 Å². The van der Waals surface area contributed by atoms with Crippen molar-refractivity contribution in [3.8, 4) is 11.5 Å². The van der Waals surface area contributed by atoms with Gasteiger partial charge in [-0.05, 0) is 48.7 Å². The molecule has 0 bridgehead atoms. The number of fused-ring (bicyclic) bond motifs is 1. The van der Waals surface area contributed by atoms with Gasteiger partial charge >= 0.3 is 0 Å². The molecule has 7 nitrogen and oxygen atoms in total. The molecular weight excluding hydrogens is 380 g/mol. The molecule has 30 heavy (non-hydrogen) atoms. The number of benzene rings is 2. The van der Waals surface area contributed by atoms with Crippen LogP contribution in [0.2, 0.25) is 0 Å². The third kappa shape index (κ3) is 6.14. The molecule has 7 heteroatoms. The van der Waals surface area contributed by atoms with Crippen molar-refractivity contribution in [3.05, 3.63) is 59.2 Å². The highest BCUT2D eigenvalue weighted by molar-refractivity contribution is 5.94. The van der Waals surface area contributed by atoms with Crippen LogP contribution in [0, 0.1) is 0 Å². The summed E-state index contributed by atoms with van der Waals surface area (Å²) in [5, 5.41) is 9.28. The summed E-state index contributed by atoms with van der Waals surface area (Å²) in [5.74, 6) is 2.26. The second-order valence-electron chi connectivity index (χ2n) is 6.98. The van der Waals surface area contributed by atoms with E-state index in [9.17, 15) is 4.79 Å². The van der Waals surface area contributed by atoms with E-state index in [-0.39, 0.29) is 5.91 Å². The fourth-order valence-electron chi connectivity index (χ4n) is 3.16. The van der Waals surface area contributed by atoms with E-state index in [2.05, 4.69) is 20.9 Å². The third-order valence-corrected chi connectivity index (χ3v) is 4.70. The van der Waals surface area contributed by atoms with Crippen molar-refractivity contribution >= 4 is 11.9 Å². The topological polar surface area (TPSA) is 84.0 Å². The van der Waals surface area contributed by atoms with Crippen LogP contribution in [0.3, 0.4) is 0 Å². The molecule has 0 atom stereocenters. The first kappa shape index (κ1) is 21.5. The van der Waals surface area contributed by atoms with Crippen LogP contribution in [0.25, 0.3) is 0 Å². The first-order chi connectivity index (χ1) is 14.7. The molecule has 0 fully saturated rings. The SMILES string of the molecule is CCNC(=NCc1ccc2c(c1)OCCCO2)NCCc1cccc(C(=O)NC)c1. The zero-order chi connectivity index (χ0) is 21.2. The highest BCUT2D eigenvalue weighted by atomic mass is 16.5. The van der Waals surface area contributed by atoms with Crippen molar-refractivity contribution in [2.75, 3.05) is 33.4 Å². The second-order valence-corrected chi connectivity index (χ2v) is 6.98. The van der Waals surface area contributed by atoms with Crippen LogP contribution in [0.4, 0.5) is 0 Å². The average Bonchev–Trinajstić information content (AvgIpc) is 3.02. The average molecular weight is 411 g/mol. The number of rotatable bonds is 7. The maximum atomic E-state index is 11.8. The standard InChI is InChI=1S/C23H30N4O3/c1-3-25-23(26-11-10-17-6-4-7-19(14-17)22(28)24-2)27-16-18-8-9-20-21(15-18)30-13-5-12-29-20/h4,6-9,14-15H,3,5,10-13,16H2,1-2H3,(H,24,28)(H2,25,26,27). The molecule has 1 heterocycles. The predicted molar refractivity (Wildman–Crippen MR) is 118 cm³/mol. The van der Waals surface area contributed by atoms with Crippen LogP contribution in [0.1, 0.15) is 34.8 Å². The fraction of sp³-hybridized carbons (Fsp3) is 0.391. The van der Waals surface area contributed by atoms with E-state index in [1.165, 1.54) is 0 Å². The molecule has 3 N–H and O–H groups in total. The van der Waals surface area contributed by atoms with Crippen molar-refractivity contribution in [2.24, 2.45) is 4.99 Å². The maximum absolute atomic E-state index is 11.8. The number of guanidine groups is 1. The number of carbonyl (C=O) groups is 1. The molecular formula is C23H30N4O3. The number of nitrogens with zero attached hydrogens (tertiary/aromatic N) is 1. The van der Waals surface area contributed by atoms with Gasteiger partial charge in [0.1, 0.15) is 0 Å². The van der Waals surface area contributed by atoms with E-state index >= 15 is 0 Å². The number of hydrogen-bond donors (Lipinski definition) is 3. The first-order valence-electron chi connectivity index (χ1n) is 10.4. The van der Waals surface area contributed by atoms with Crippen molar-refractivity contribution in [1.82, 2.24) is 16.0 Å². The maximum Gasteiger partial charge on any atom is 0.251 e. The first-order valence-corrected chi connectivity index (χ1v) is 10.4. The van der Waals surface area contributed by atoms with Crippen LogP contribution in [0.15, 0.2) is 47.5 Å². The number of hydrogen-bond acceptors (Lipinski definition) is 4. The molecule has 0 aromatic heterocycles. The number of ether oxygens (including phenoxy) is 2. The number of carbonyl (C=O) groups excluding carboxylic acids is 1. The molecule has 0 saturated heterocycles. The van der Waals surface area contributed by atoms with Gasteiger partial charge in [0.25, 0.3) is 5.91 Å². The number of aliphatic imine (C=N–C) groups is 1. The van der Waals surface area contributed by atoms with Gasteiger partial charge in [0.05, 0.1) is 19.8 Å². The Kier molecular flexibility index (Phi) is 7.94. The summed E-state index contributed by atoms with van der Waals surface area (Å²) in [6.07, 6.45) is 1.68. The highest BCUT2D eigenvalue weighted by Crippen LogP contribution is 2.30. The van der Waals surface area contributed by atoms with E-state index in [1.807, 2.05) is 49.4 Å². The summed E-state index contributed by atoms with van der Waals surface area (Å²) in [5.41, 5.74) is 2.84. The summed E-state index contributed by atoms with van der Waals surface area (Å²) >= 11 is 0. The minimum atomic E-state index is -0.0742. The molecule has 0 spiro atoms. The zero-order valence-corrected chi connectivity index (χ0v) is 17.7. The highest BCUT2D eigenvalue weighted by Gasteiger charge is 2.10. The van der Waals surface area contributed by atoms with Crippen LogP contribution in [-0.4, -0.2) is 45.2 Å². The molecule has 2 aromatic rings. The van der Waals surface area contributed by atoms with E-state index in [0.717, 1.165) is 48.0 Å². The number of amides is 1. The van der Waals surface area contributed by atoms with E-state index < -0.39 is 0 Å². The molecule has 160 valence electrons. The second kappa shape index (κ2) is 11.1. The van der Waals surface area contributed by atoms with Gasteiger partial charge in [0.15, 0.2) is 17.5 Å². The van der Waals surface area contributed by atoms with Crippen molar-refractivity contribution < 1.29 is 14.3 Å². The molecule has 0 saturated carbocycles. The van der Waals surface area contributed by atoms with Gasteiger partial charge in [-0.1, -0.05) is 18.2 Å². The van der Waals surface area contributed by atoms with E-state index in [1.54, 1.807) is 7.05 Å². The van der Waals surface area contributed by atoms with E-state index in [0.29, 0.717) is 31.9 Å². The Morgan fingerprint density at radius 1 is 1.03 bits per heavy atom. The summed E-state index contributed by atoms with van der Waals surface area (Å²) < 4.78 is 11.4. The minimum Gasteiger partial charge on any atom is -0.490 e. The van der Waals surface area contributed by atoms with E-state index in [4.69, 9.17) is 9.47 Å². The lowest BCUT2D eigenvalue weighted by atomic mass is 10.1. The normalized spacial score (nSPS) is 13.3. The van der Waals surface area contributed by atoms with Gasteiger partial charge in [0.2, 0.25) is 0 Å². The zero-order valence-electron chi connectivity index (χ0n) is 17.7. The molecule has 2 aromatic carbocycles. The molecule has 3 rings (SSSR count). The fourth-order valence-corrected chi connectivity index (χ4v) is 3.16. The summed E-state index contributed by atoms with van der Waals surface area (Å²) in [4.78, 5) is 16.5. The van der Waals surface area contributed by atoms with Crippen LogP contribution >= 0.6 is 0 Å². The summed E-state index contributed by atoms with van der Waals surface area (Å²) in [6, 6.07) is 13.6. The Hall–Kier alpha value is -3.22. The predicted octanol–water partition coefficient (Wildman–Crippen LogP) is 2.51. The molecule has 1 aliphatic rings. The van der Waals surface area contributed by atoms with Crippen LogP contribution in [0.5, 0.6) is 11.5 Å². The lowest BCUT2D eigenvalue weighted by molar-refractivity contribution is 0.0963. The van der Waals surface area contributed by atoms with Crippen molar-refractivity contribution in [2.45, 2.75) is 26.3 Å². The Balaban J connectivity index is 1.57. The van der Waals surface area contributed by atoms with Crippen molar-refractivity contribution in [1.29, 1.82) is 0 Å². The molecule has 1 aliphatic heterocycles. The largest absolute Gasteiger partial charge is 0.490 e. The number of nitrogens with one attached hydrogen (secondary N) is 3. The monoisotopic (exact) mass is 410 g/mol. The minimum absolute atomic E-state index is 0.0742. The Labute approximate surface area is 177 Å². The van der Waals surface area contributed by atoms with Crippen LogP contribution in [-0.2, 0) is 13.0 Å². The van der Waals surface area contributed by atoms with Crippen LogP contribution < -0.4 is 25.4 Å². The van der Waals surface area contributed by atoms with Gasteiger partial charge in [-0.25, -0.2) is 4.99 Å². The molecule has 0 aliphatic carbocycles. The Morgan fingerprint density at radius 2 is 1.87 bits per heavy atom. The van der Waals surface area contributed by atoms with Gasteiger partial charge < -0.3 is 25.4 Å². The van der Waals surface area contributed by atoms with Gasteiger partial charge in [-0.15, -0.1) is 0 Å². The Morgan fingerprint density at radius 3 is 2.67 bits per heavy atom. The molecule has 0 unspecified atom stereocenters. The summed E-state index contributed by atoms with van der Waals surface area (Å²) in [6.45, 7) is 5.43. The summed E-state index contributed by atoms with van der Waals surface area (Å²) in [7, 11) is 1.64. The molecule has 1 amide bonds. The molecule has 0 radical (unpaired) electrons. The lowest BCUT2D eigenvalue weighted by Crippen LogP contribution is -2.38. The Bertz CT molecular complexity index is 883. The van der Waals surface area contributed by atoms with Gasteiger partial charge in [0, 0.05) is 32.1 Å². The smallest absolute Gasteiger partial charge is 0.251 e.